The second-order valence-corrected chi connectivity index (χ2v) is 8.21. The molecule has 7 nitrogen and oxygen atoms in total. The van der Waals surface area contributed by atoms with Crippen molar-refractivity contribution in [3.8, 4) is 23.1 Å². The monoisotopic (exact) mass is 523 g/mol. The van der Waals surface area contributed by atoms with E-state index in [9.17, 15) is 34.8 Å². The van der Waals surface area contributed by atoms with E-state index in [4.69, 9.17) is 5.14 Å². The van der Waals surface area contributed by atoms with Gasteiger partial charge in [0.15, 0.2) is 19.0 Å². The third kappa shape index (κ3) is 6.70. The molecule has 0 spiro atoms. The molecule has 166 valence electrons. The summed E-state index contributed by atoms with van der Waals surface area (Å²) >= 11 is 3.19. The molecule has 1 aromatic heterocycles. The zero-order valence-corrected chi connectivity index (χ0v) is 17.2. The highest BCUT2D eigenvalue weighted by Crippen LogP contribution is 2.35. The molecular formula is C15H12BrF6N3O4S. The van der Waals surface area contributed by atoms with Gasteiger partial charge in [-0.3, -0.25) is 0 Å². The van der Waals surface area contributed by atoms with E-state index < -0.39 is 58.1 Å². The van der Waals surface area contributed by atoms with Gasteiger partial charge in [-0.15, -0.1) is 0 Å². The molecule has 15 heteroatoms. The van der Waals surface area contributed by atoms with Crippen molar-refractivity contribution in [2.45, 2.75) is 24.2 Å². The number of benzene rings is 1. The molecule has 1 heterocycles. The lowest BCUT2D eigenvalue weighted by atomic mass is 10.1. The minimum atomic E-state index is -4.93. The predicted molar refractivity (Wildman–Crippen MR) is 94.4 cm³/mol. The van der Waals surface area contributed by atoms with E-state index in [0.717, 1.165) is 0 Å². The van der Waals surface area contributed by atoms with Gasteiger partial charge < -0.3 is 9.47 Å². The summed E-state index contributed by atoms with van der Waals surface area (Å²) in [6, 6.07) is 4.48. The number of aryl methyl sites for hydroxylation is 1. The van der Waals surface area contributed by atoms with E-state index >= 15 is 0 Å². The molecule has 2 aromatic rings. The van der Waals surface area contributed by atoms with Crippen LogP contribution in [-0.2, 0) is 10.0 Å². The molecule has 1 aromatic carbocycles. The lowest BCUT2D eigenvalue weighted by Gasteiger charge is -2.17. The van der Waals surface area contributed by atoms with Crippen molar-refractivity contribution in [3.63, 3.8) is 0 Å². The van der Waals surface area contributed by atoms with Crippen molar-refractivity contribution in [2.24, 2.45) is 5.14 Å². The van der Waals surface area contributed by atoms with Gasteiger partial charge in [0.05, 0.1) is 0 Å². The Morgan fingerprint density at radius 3 is 1.83 bits per heavy atom. The molecule has 2 rings (SSSR count). The summed E-state index contributed by atoms with van der Waals surface area (Å²) < 4.78 is 109. The maximum Gasteiger partial charge on any atom is 0.422 e. The average molecular weight is 524 g/mol. The van der Waals surface area contributed by atoms with Gasteiger partial charge in [-0.05, 0) is 30.7 Å². The number of hydrogen-bond acceptors (Lipinski definition) is 6. The molecule has 0 saturated carbocycles. The van der Waals surface area contributed by atoms with Crippen LogP contribution in [-0.4, -0.2) is 44.0 Å². The number of rotatable bonds is 6. The number of primary sulfonamides is 1. The molecule has 0 bridgehead atoms. The fraction of sp³-hybridized carbons (Fsp3) is 0.333. The van der Waals surface area contributed by atoms with Crippen LogP contribution in [0.1, 0.15) is 5.56 Å². The van der Waals surface area contributed by atoms with Gasteiger partial charge in [0.1, 0.15) is 0 Å². The van der Waals surface area contributed by atoms with Crippen LogP contribution < -0.4 is 14.6 Å². The van der Waals surface area contributed by atoms with Crippen molar-refractivity contribution in [2.75, 3.05) is 13.2 Å². The van der Waals surface area contributed by atoms with Gasteiger partial charge in [-0.1, -0.05) is 15.9 Å². The summed E-state index contributed by atoms with van der Waals surface area (Å²) in [5.41, 5.74) is 0.643. The Labute approximate surface area is 174 Å². The number of nitrogens with zero attached hydrogens (tertiary/aromatic N) is 2. The third-order valence-corrected chi connectivity index (χ3v) is 4.67. The summed E-state index contributed by atoms with van der Waals surface area (Å²) in [5, 5.41) is 4.94. The van der Waals surface area contributed by atoms with Crippen LogP contribution in [0.15, 0.2) is 27.6 Å². The molecule has 0 atom stereocenters. The second kappa shape index (κ2) is 8.55. The first-order valence-electron chi connectivity index (χ1n) is 7.67. The highest BCUT2D eigenvalue weighted by atomic mass is 79.9. The molecule has 0 fully saturated rings. The van der Waals surface area contributed by atoms with Crippen LogP contribution in [0.3, 0.4) is 0 Å². The van der Waals surface area contributed by atoms with Gasteiger partial charge in [0.2, 0.25) is 26.7 Å². The van der Waals surface area contributed by atoms with E-state index in [1.54, 1.807) is 13.0 Å². The first-order valence-corrected chi connectivity index (χ1v) is 10.0. The largest absolute Gasteiger partial charge is 0.467 e. The molecule has 30 heavy (non-hydrogen) atoms. The van der Waals surface area contributed by atoms with Gasteiger partial charge in [-0.25, -0.2) is 13.6 Å². The van der Waals surface area contributed by atoms with E-state index in [1.807, 2.05) is 0 Å². The van der Waals surface area contributed by atoms with Crippen LogP contribution in [0, 0.1) is 6.92 Å². The van der Waals surface area contributed by atoms with Gasteiger partial charge in [-0.2, -0.15) is 36.3 Å². The number of ether oxygens (including phenoxy) is 2. The van der Waals surface area contributed by atoms with Gasteiger partial charge >= 0.3 is 12.4 Å². The summed E-state index contributed by atoms with van der Waals surface area (Å²) in [6.45, 7) is -2.41. The summed E-state index contributed by atoms with van der Waals surface area (Å²) in [7, 11) is -4.93. The van der Waals surface area contributed by atoms with Crippen LogP contribution in [0.5, 0.6) is 11.8 Å². The van der Waals surface area contributed by atoms with Crippen molar-refractivity contribution in [3.05, 3.63) is 28.2 Å². The van der Waals surface area contributed by atoms with E-state index in [2.05, 4.69) is 35.4 Å². The van der Waals surface area contributed by atoms with E-state index in [0.29, 0.717) is 10.0 Å². The number of hydrogen-bond donors (Lipinski definition) is 1. The van der Waals surface area contributed by atoms with Crippen LogP contribution >= 0.6 is 15.9 Å². The molecular weight excluding hydrogens is 512 g/mol. The highest BCUT2D eigenvalue weighted by molar-refractivity contribution is 9.10. The molecule has 0 aliphatic rings. The van der Waals surface area contributed by atoms with Crippen molar-refractivity contribution in [1.29, 1.82) is 0 Å². The molecule has 0 radical (unpaired) electrons. The predicted octanol–water partition coefficient (Wildman–Crippen LogP) is 3.74. The number of nitrogens with two attached hydrogens (primary N) is 1. The number of sulfonamides is 1. The molecule has 0 aliphatic carbocycles. The lowest BCUT2D eigenvalue weighted by Crippen LogP contribution is -2.25. The van der Waals surface area contributed by atoms with Crippen LogP contribution in [0.25, 0.3) is 11.4 Å². The number of halogens is 7. The molecule has 2 N–H and O–H groups in total. The SMILES string of the molecule is Cc1cc(Br)ccc1-c1nc(OCC(F)(F)F)c(S(N)(=O)=O)c(OCC(F)(F)F)n1. The minimum Gasteiger partial charge on any atom is -0.467 e. The first-order chi connectivity index (χ1) is 13.6. The number of alkyl halides is 6. The second-order valence-electron chi connectivity index (χ2n) is 5.80. The summed E-state index contributed by atoms with van der Waals surface area (Å²) in [4.78, 5) is 5.94. The topological polar surface area (TPSA) is 104 Å². The number of aromatic nitrogens is 2. The van der Waals surface area contributed by atoms with Crippen molar-refractivity contribution >= 4 is 26.0 Å². The minimum absolute atomic E-state index is 0.174. The Morgan fingerprint density at radius 2 is 1.47 bits per heavy atom. The van der Waals surface area contributed by atoms with Gasteiger partial charge in [0.25, 0.3) is 0 Å². The van der Waals surface area contributed by atoms with Crippen LogP contribution in [0.4, 0.5) is 26.3 Å². The quantitative estimate of drug-likeness (QED) is 0.578. The summed E-state index contributed by atoms with van der Waals surface area (Å²) in [6.07, 6.45) is -9.80. The Kier molecular flexibility index (Phi) is 6.88. The maximum absolute atomic E-state index is 12.6. The van der Waals surface area contributed by atoms with E-state index in [1.165, 1.54) is 12.1 Å². The first kappa shape index (κ1) is 24.1. The normalized spacial score (nSPS) is 12.7. The average Bonchev–Trinajstić information content (AvgIpc) is 2.55. The smallest absolute Gasteiger partial charge is 0.422 e. The fourth-order valence-electron chi connectivity index (χ4n) is 2.15. The van der Waals surface area contributed by atoms with Gasteiger partial charge in [0, 0.05) is 10.0 Å². The molecule has 0 saturated heterocycles. The lowest BCUT2D eigenvalue weighted by molar-refractivity contribution is -0.155. The Hall–Kier alpha value is -2.13. The molecule has 0 aliphatic heterocycles. The zero-order valence-electron chi connectivity index (χ0n) is 14.8. The van der Waals surface area contributed by atoms with Crippen molar-refractivity contribution < 1.29 is 44.2 Å². The molecule has 0 amide bonds. The highest BCUT2D eigenvalue weighted by Gasteiger charge is 2.35. The van der Waals surface area contributed by atoms with Crippen molar-refractivity contribution in [1.82, 2.24) is 9.97 Å². The zero-order chi connectivity index (χ0) is 22.9. The summed E-state index contributed by atoms with van der Waals surface area (Å²) in [5.74, 6) is -2.82. The standard InChI is InChI=1S/C15H12BrF6N3O4S/c1-7-4-8(16)2-3-9(7)11-24-12(28-5-14(17,18)19)10(30(23,26)27)13(25-11)29-6-15(20,21)22/h2-4H,5-6H2,1H3,(H2,23,26,27). The van der Waals surface area contributed by atoms with E-state index in [-0.39, 0.29) is 5.56 Å². The maximum atomic E-state index is 12.6. The van der Waals surface area contributed by atoms with Crippen LogP contribution in [0.2, 0.25) is 0 Å². The Bertz CT molecular complexity index is 1000. The third-order valence-electron chi connectivity index (χ3n) is 3.26. The Morgan fingerprint density at radius 1 is 1.00 bits per heavy atom. The Balaban J connectivity index is 2.72. The molecule has 0 unspecified atom stereocenters. The fourth-order valence-corrected chi connectivity index (χ4v) is 3.32.